The summed E-state index contributed by atoms with van der Waals surface area (Å²) in [7, 11) is 4.10. The van der Waals surface area contributed by atoms with E-state index >= 15 is 0 Å². The molecule has 0 aromatic carbocycles. The SMILES string of the molecule is CNCCN(C)C[C@H](C)O[C@H](C)N1CNC(CN)C1. The Hall–Kier alpha value is -0.240. The Kier molecular flexibility index (Phi) is 7.82. The first-order valence-corrected chi connectivity index (χ1v) is 7.23. The summed E-state index contributed by atoms with van der Waals surface area (Å²) in [4.78, 5) is 4.58. The highest BCUT2D eigenvalue weighted by Gasteiger charge is 2.25. The highest BCUT2D eigenvalue weighted by molar-refractivity contribution is 4.80. The summed E-state index contributed by atoms with van der Waals surface area (Å²) in [5, 5.41) is 6.54. The van der Waals surface area contributed by atoms with Crippen molar-refractivity contribution in [3.8, 4) is 0 Å². The van der Waals surface area contributed by atoms with Gasteiger partial charge in [0, 0.05) is 38.8 Å². The molecule has 1 aliphatic rings. The topological polar surface area (TPSA) is 65.8 Å². The fraction of sp³-hybridized carbons (Fsp3) is 1.00. The van der Waals surface area contributed by atoms with E-state index in [0.717, 1.165) is 32.8 Å². The molecule has 0 bridgehead atoms. The molecule has 1 saturated heterocycles. The van der Waals surface area contributed by atoms with Crippen molar-refractivity contribution in [1.29, 1.82) is 0 Å². The third-order valence-corrected chi connectivity index (χ3v) is 3.58. The normalized spacial score (nSPS) is 24.0. The number of nitrogens with zero attached hydrogens (tertiary/aromatic N) is 2. The second-order valence-electron chi connectivity index (χ2n) is 5.48. The van der Waals surface area contributed by atoms with Gasteiger partial charge >= 0.3 is 0 Å². The lowest BCUT2D eigenvalue weighted by atomic mass is 10.3. The lowest BCUT2D eigenvalue weighted by Gasteiger charge is -2.29. The van der Waals surface area contributed by atoms with Crippen molar-refractivity contribution in [3.05, 3.63) is 0 Å². The zero-order chi connectivity index (χ0) is 14.3. The van der Waals surface area contributed by atoms with E-state index in [0.29, 0.717) is 12.6 Å². The standard InChI is InChI=1S/C13H31N5O/c1-11(8-17(4)6-5-15-3)19-12(2)18-9-13(7-14)16-10-18/h11-13,15-16H,5-10,14H2,1-4H3/t11-,12+,13?/m0/s1. The lowest BCUT2D eigenvalue weighted by molar-refractivity contribution is -0.0820. The van der Waals surface area contributed by atoms with Crippen molar-refractivity contribution < 1.29 is 4.74 Å². The number of hydrogen-bond donors (Lipinski definition) is 3. The summed E-state index contributed by atoms with van der Waals surface area (Å²) >= 11 is 0. The molecule has 0 aromatic heterocycles. The molecule has 0 spiro atoms. The number of hydrogen-bond acceptors (Lipinski definition) is 6. The predicted octanol–water partition coefficient (Wildman–Crippen LogP) is -0.921. The van der Waals surface area contributed by atoms with Crippen molar-refractivity contribution >= 4 is 0 Å². The molecule has 114 valence electrons. The maximum Gasteiger partial charge on any atom is 0.109 e. The Balaban J connectivity index is 2.22. The first-order chi connectivity index (χ1) is 9.06. The maximum absolute atomic E-state index is 6.06. The van der Waals surface area contributed by atoms with Gasteiger partial charge in [0.15, 0.2) is 0 Å². The van der Waals surface area contributed by atoms with Crippen molar-refractivity contribution in [2.75, 3.05) is 53.5 Å². The summed E-state index contributed by atoms with van der Waals surface area (Å²) < 4.78 is 6.06. The highest BCUT2D eigenvalue weighted by Crippen LogP contribution is 2.09. The Morgan fingerprint density at radius 2 is 2.26 bits per heavy atom. The molecule has 3 atom stereocenters. The van der Waals surface area contributed by atoms with Gasteiger partial charge in [-0.05, 0) is 27.9 Å². The molecule has 0 saturated carbocycles. The zero-order valence-corrected chi connectivity index (χ0v) is 12.9. The van der Waals surface area contributed by atoms with Crippen LogP contribution in [0.4, 0.5) is 0 Å². The molecule has 1 unspecified atom stereocenters. The van der Waals surface area contributed by atoms with Crippen LogP contribution in [0.25, 0.3) is 0 Å². The molecule has 6 nitrogen and oxygen atoms in total. The van der Waals surface area contributed by atoms with Crippen LogP contribution in [-0.4, -0.2) is 81.7 Å². The Labute approximate surface area is 117 Å². The molecule has 0 aromatic rings. The molecule has 4 N–H and O–H groups in total. The van der Waals surface area contributed by atoms with Crippen molar-refractivity contribution in [2.45, 2.75) is 32.2 Å². The first kappa shape index (κ1) is 16.8. The van der Waals surface area contributed by atoms with Gasteiger partial charge in [0.2, 0.25) is 0 Å². The highest BCUT2D eigenvalue weighted by atomic mass is 16.5. The van der Waals surface area contributed by atoms with Crippen molar-refractivity contribution in [2.24, 2.45) is 5.73 Å². The zero-order valence-electron chi connectivity index (χ0n) is 12.9. The summed E-state index contributed by atoms with van der Waals surface area (Å²) in [6.07, 6.45) is 0.366. The third-order valence-electron chi connectivity index (χ3n) is 3.58. The Bertz CT molecular complexity index is 241. The van der Waals surface area contributed by atoms with E-state index in [1.165, 1.54) is 0 Å². The second-order valence-corrected chi connectivity index (χ2v) is 5.48. The van der Waals surface area contributed by atoms with Gasteiger partial charge in [-0.15, -0.1) is 0 Å². The van der Waals surface area contributed by atoms with Crippen LogP contribution < -0.4 is 16.4 Å². The number of ether oxygens (including phenoxy) is 1. The fourth-order valence-corrected chi connectivity index (χ4v) is 2.39. The number of nitrogens with two attached hydrogens (primary N) is 1. The lowest BCUT2D eigenvalue weighted by Crippen LogP contribution is -2.40. The quantitative estimate of drug-likeness (QED) is 0.505. The Morgan fingerprint density at radius 1 is 1.53 bits per heavy atom. The van der Waals surface area contributed by atoms with Crippen molar-refractivity contribution in [1.82, 2.24) is 20.4 Å². The number of rotatable bonds is 9. The van der Waals surface area contributed by atoms with Gasteiger partial charge in [0.25, 0.3) is 0 Å². The van der Waals surface area contributed by atoms with Crippen LogP contribution in [0.1, 0.15) is 13.8 Å². The largest absolute Gasteiger partial charge is 0.359 e. The maximum atomic E-state index is 6.06. The average Bonchev–Trinajstić information content (AvgIpc) is 2.84. The van der Waals surface area contributed by atoms with E-state index < -0.39 is 0 Å². The molecule has 6 heteroatoms. The van der Waals surface area contributed by atoms with Crippen molar-refractivity contribution in [3.63, 3.8) is 0 Å². The van der Waals surface area contributed by atoms with E-state index in [2.05, 4.69) is 41.3 Å². The predicted molar refractivity (Wildman–Crippen MR) is 79.0 cm³/mol. The summed E-state index contributed by atoms with van der Waals surface area (Å²) in [5.74, 6) is 0. The smallest absolute Gasteiger partial charge is 0.109 e. The van der Waals surface area contributed by atoms with E-state index in [4.69, 9.17) is 10.5 Å². The van der Waals surface area contributed by atoms with Crippen LogP contribution in [0, 0.1) is 0 Å². The molecule has 1 aliphatic heterocycles. The van der Waals surface area contributed by atoms with Gasteiger partial charge < -0.3 is 20.7 Å². The first-order valence-electron chi connectivity index (χ1n) is 7.23. The van der Waals surface area contributed by atoms with Gasteiger partial charge in [-0.25, -0.2) is 0 Å². The van der Waals surface area contributed by atoms with Gasteiger partial charge in [-0.3, -0.25) is 10.2 Å². The molecular formula is C13H31N5O. The average molecular weight is 273 g/mol. The monoisotopic (exact) mass is 273 g/mol. The van der Waals surface area contributed by atoms with Gasteiger partial charge in [-0.2, -0.15) is 0 Å². The summed E-state index contributed by atoms with van der Waals surface area (Å²) in [5.41, 5.74) is 5.67. The number of nitrogens with one attached hydrogen (secondary N) is 2. The van der Waals surface area contributed by atoms with Crippen LogP contribution in [0.2, 0.25) is 0 Å². The van der Waals surface area contributed by atoms with E-state index in [-0.39, 0.29) is 12.3 Å². The molecular weight excluding hydrogens is 242 g/mol. The Morgan fingerprint density at radius 3 is 2.84 bits per heavy atom. The molecule has 1 fully saturated rings. The summed E-state index contributed by atoms with van der Waals surface area (Å²) in [6.45, 7) is 9.78. The van der Waals surface area contributed by atoms with Crippen LogP contribution >= 0.6 is 0 Å². The summed E-state index contributed by atoms with van der Waals surface area (Å²) in [6, 6.07) is 0.402. The van der Waals surface area contributed by atoms with E-state index in [1.807, 2.05) is 7.05 Å². The molecule has 1 rings (SSSR count). The van der Waals surface area contributed by atoms with Crippen LogP contribution in [0.5, 0.6) is 0 Å². The minimum Gasteiger partial charge on any atom is -0.359 e. The van der Waals surface area contributed by atoms with Crippen LogP contribution in [0.15, 0.2) is 0 Å². The van der Waals surface area contributed by atoms with Gasteiger partial charge in [-0.1, -0.05) is 0 Å². The fourth-order valence-electron chi connectivity index (χ4n) is 2.39. The van der Waals surface area contributed by atoms with E-state index in [1.54, 1.807) is 0 Å². The minimum atomic E-state index is 0.136. The molecule has 0 aliphatic carbocycles. The minimum absolute atomic E-state index is 0.136. The molecule has 0 amide bonds. The second kappa shape index (κ2) is 8.84. The third kappa shape index (κ3) is 6.16. The van der Waals surface area contributed by atoms with Gasteiger partial charge in [0.1, 0.15) is 6.23 Å². The van der Waals surface area contributed by atoms with Crippen LogP contribution in [-0.2, 0) is 4.74 Å². The molecule has 1 heterocycles. The molecule has 0 radical (unpaired) electrons. The van der Waals surface area contributed by atoms with Gasteiger partial charge in [0.05, 0.1) is 12.8 Å². The van der Waals surface area contributed by atoms with E-state index in [9.17, 15) is 0 Å². The molecule has 19 heavy (non-hydrogen) atoms. The van der Waals surface area contributed by atoms with Crippen LogP contribution in [0.3, 0.4) is 0 Å². The number of likely N-dealkylation sites (N-methyl/N-ethyl adjacent to an activating group) is 2.